The van der Waals surface area contributed by atoms with Crippen molar-refractivity contribution in [2.75, 3.05) is 56.4 Å². The molecule has 0 aromatic carbocycles. The van der Waals surface area contributed by atoms with Gasteiger partial charge < -0.3 is 18.6 Å². The standard InChI is InChI=1S/C12H28BN4O4/c1-14(2)9-18-13(19-10-15(3)4,20-11-16(5)6)21-12-17(7)8/h9-12H,1-8H3/q+3. The maximum Gasteiger partial charge on any atom is 0.790 e. The van der Waals surface area contributed by atoms with Crippen LogP contribution in [0.1, 0.15) is 0 Å². The zero-order valence-corrected chi connectivity index (χ0v) is 14.3. The molecule has 0 aliphatic heterocycles. The van der Waals surface area contributed by atoms with Gasteiger partial charge in [-0.3, -0.25) is 0 Å². The lowest BCUT2D eigenvalue weighted by Gasteiger charge is -2.31. The summed E-state index contributed by atoms with van der Waals surface area (Å²) in [5, 5.41) is 0. The van der Waals surface area contributed by atoms with Crippen molar-refractivity contribution in [3.8, 4) is 0 Å². The summed E-state index contributed by atoms with van der Waals surface area (Å²) >= 11 is 0. The molecule has 0 rings (SSSR count). The molecule has 0 saturated carbocycles. The molecule has 0 fully saturated rings. The topological polar surface area (TPSA) is 49.0 Å². The summed E-state index contributed by atoms with van der Waals surface area (Å²) < 4.78 is 29.1. The van der Waals surface area contributed by atoms with E-state index in [1.807, 2.05) is 56.4 Å². The lowest BCUT2D eigenvalue weighted by Crippen LogP contribution is -2.50. The van der Waals surface area contributed by atoms with Crippen LogP contribution in [0.15, 0.2) is 0 Å². The molecule has 120 valence electrons. The smallest absolute Gasteiger partial charge is 0.568 e. The Balaban J connectivity index is 5.44. The summed E-state index contributed by atoms with van der Waals surface area (Å²) in [6, 6.07) is 0. The molecular formula is C12H28BN4O4+3. The summed E-state index contributed by atoms with van der Waals surface area (Å²) in [7, 11) is 14.6. The molecule has 21 heavy (non-hydrogen) atoms. The van der Waals surface area contributed by atoms with Gasteiger partial charge in [0.05, 0.1) is 0 Å². The Labute approximate surface area is 126 Å². The fourth-order valence-electron chi connectivity index (χ4n) is 0.977. The second kappa shape index (κ2) is 8.99. The van der Waals surface area contributed by atoms with Gasteiger partial charge in [0.15, 0.2) is 0 Å². The average molecular weight is 303 g/mol. The number of hydrogen-bond donors (Lipinski definition) is 0. The molecular weight excluding hydrogens is 275 g/mol. The van der Waals surface area contributed by atoms with Crippen LogP contribution in [0.5, 0.6) is 0 Å². The molecule has 0 aromatic rings. The third kappa shape index (κ3) is 9.47. The van der Waals surface area contributed by atoms with Crippen molar-refractivity contribution in [1.82, 2.24) is 0 Å². The highest BCUT2D eigenvalue weighted by Crippen LogP contribution is 2.07. The SMILES string of the molecule is C[N+](C)=CO[B-](OC=[N+](C)C)(OC=[N+](C)C)OC=[N+](C)C. The first-order valence-electron chi connectivity index (χ1n) is 6.50. The highest BCUT2D eigenvalue weighted by atomic mass is 16.9. The van der Waals surface area contributed by atoms with Crippen molar-refractivity contribution in [2.24, 2.45) is 0 Å². The van der Waals surface area contributed by atoms with Crippen molar-refractivity contribution in [3.63, 3.8) is 0 Å². The summed E-state index contributed by atoms with van der Waals surface area (Å²) in [6.07, 6.45) is 5.82. The molecule has 0 unspecified atom stereocenters. The third-order valence-corrected chi connectivity index (χ3v) is 1.75. The Morgan fingerprint density at radius 3 is 0.810 bits per heavy atom. The van der Waals surface area contributed by atoms with Gasteiger partial charge in [0.25, 0.3) is 25.6 Å². The first-order chi connectivity index (χ1) is 9.67. The predicted molar refractivity (Wildman–Crippen MR) is 82.8 cm³/mol. The highest BCUT2D eigenvalue weighted by molar-refractivity contribution is 6.59. The van der Waals surface area contributed by atoms with E-state index in [0.29, 0.717) is 0 Å². The fourth-order valence-corrected chi connectivity index (χ4v) is 0.977. The van der Waals surface area contributed by atoms with Gasteiger partial charge in [-0.2, -0.15) is 0 Å². The average Bonchev–Trinajstić information content (AvgIpc) is 2.36. The number of rotatable bonds is 8. The molecule has 0 amide bonds. The van der Waals surface area contributed by atoms with E-state index in [4.69, 9.17) is 18.6 Å². The molecule has 0 atom stereocenters. The van der Waals surface area contributed by atoms with Gasteiger partial charge in [-0.15, -0.1) is 0 Å². The first-order valence-corrected chi connectivity index (χ1v) is 6.50. The highest BCUT2D eigenvalue weighted by Gasteiger charge is 2.43. The molecule has 0 spiro atoms. The van der Waals surface area contributed by atoms with Gasteiger partial charge in [0, 0.05) is 0 Å². The van der Waals surface area contributed by atoms with Crippen LogP contribution in [0.2, 0.25) is 0 Å². The largest absolute Gasteiger partial charge is 0.790 e. The maximum atomic E-state index is 5.57. The zero-order valence-electron chi connectivity index (χ0n) is 14.3. The van der Waals surface area contributed by atoms with Crippen LogP contribution in [0.4, 0.5) is 0 Å². The summed E-state index contributed by atoms with van der Waals surface area (Å²) in [6.45, 7) is -2.51. The van der Waals surface area contributed by atoms with Gasteiger partial charge in [-0.1, -0.05) is 0 Å². The molecule has 0 aliphatic carbocycles. The van der Waals surface area contributed by atoms with E-state index in [9.17, 15) is 0 Å². The molecule has 0 radical (unpaired) electrons. The minimum absolute atomic E-state index is 1.45. The van der Waals surface area contributed by atoms with Crippen LogP contribution in [0, 0.1) is 0 Å². The third-order valence-electron chi connectivity index (χ3n) is 1.75. The number of hydrogen-bond acceptors (Lipinski definition) is 4. The Hall–Kier alpha value is -2.06. The van der Waals surface area contributed by atoms with E-state index in [0.717, 1.165) is 0 Å². The van der Waals surface area contributed by atoms with Crippen LogP contribution in [0.25, 0.3) is 0 Å². The van der Waals surface area contributed by atoms with E-state index in [-0.39, 0.29) is 0 Å². The quantitative estimate of drug-likeness (QED) is 0.242. The van der Waals surface area contributed by atoms with E-state index in [1.54, 1.807) is 18.3 Å². The van der Waals surface area contributed by atoms with Gasteiger partial charge in [0.1, 0.15) is 56.4 Å². The van der Waals surface area contributed by atoms with Crippen LogP contribution in [-0.4, -0.2) is 107 Å². The maximum absolute atomic E-state index is 5.57. The minimum atomic E-state index is -2.51. The Kier molecular flexibility index (Phi) is 8.11. The normalized spacial score (nSPS) is 9.90. The molecule has 0 bridgehead atoms. The molecule has 0 N–H and O–H groups in total. The Morgan fingerprint density at radius 2 is 0.667 bits per heavy atom. The predicted octanol–water partition coefficient (Wildman–Crippen LogP) is -1.31. The summed E-state index contributed by atoms with van der Waals surface area (Å²) in [5.41, 5.74) is 0. The lowest BCUT2D eigenvalue weighted by molar-refractivity contribution is -0.473. The Bertz CT molecular complexity index is 359. The summed E-state index contributed by atoms with van der Waals surface area (Å²) in [5.74, 6) is 0. The second-order valence-electron chi connectivity index (χ2n) is 5.40. The van der Waals surface area contributed by atoms with E-state index in [1.165, 1.54) is 25.6 Å². The van der Waals surface area contributed by atoms with Crippen molar-refractivity contribution in [3.05, 3.63) is 0 Å². The number of nitrogens with zero attached hydrogens (tertiary/aromatic N) is 4. The molecule has 8 nitrogen and oxygen atoms in total. The first kappa shape index (κ1) is 18.9. The van der Waals surface area contributed by atoms with Gasteiger partial charge in [0.2, 0.25) is 0 Å². The molecule has 0 aliphatic rings. The minimum Gasteiger partial charge on any atom is -0.568 e. The van der Waals surface area contributed by atoms with Gasteiger partial charge >= 0.3 is 6.96 Å². The van der Waals surface area contributed by atoms with Crippen LogP contribution >= 0.6 is 0 Å². The summed E-state index contributed by atoms with van der Waals surface area (Å²) in [4.78, 5) is 0. The van der Waals surface area contributed by atoms with Crippen molar-refractivity contribution < 1.29 is 36.9 Å². The monoisotopic (exact) mass is 303 g/mol. The van der Waals surface area contributed by atoms with E-state index < -0.39 is 6.96 Å². The van der Waals surface area contributed by atoms with Gasteiger partial charge in [-0.25, -0.2) is 18.3 Å². The van der Waals surface area contributed by atoms with Crippen LogP contribution < -0.4 is 0 Å². The van der Waals surface area contributed by atoms with Crippen molar-refractivity contribution in [2.45, 2.75) is 0 Å². The Morgan fingerprint density at radius 1 is 0.476 bits per heavy atom. The van der Waals surface area contributed by atoms with E-state index >= 15 is 0 Å². The van der Waals surface area contributed by atoms with Crippen molar-refractivity contribution in [1.29, 1.82) is 0 Å². The van der Waals surface area contributed by atoms with Gasteiger partial charge in [-0.05, 0) is 0 Å². The second-order valence-corrected chi connectivity index (χ2v) is 5.40. The van der Waals surface area contributed by atoms with E-state index in [2.05, 4.69) is 0 Å². The molecule has 9 heteroatoms. The lowest BCUT2D eigenvalue weighted by atomic mass is 10.1. The molecule has 0 aromatic heterocycles. The van der Waals surface area contributed by atoms with Crippen LogP contribution in [0.3, 0.4) is 0 Å². The fraction of sp³-hybridized carbons (Fsp3) is 0.667. The van der Waals surface area contributed by atoms with Crippen molar-refractivity contribution >= 4 is 32.6 Å². The molecule has 0 heterocycles. The van der Waals surface area contributed by atoms with Crippen LogP contribution in [-0.2, 0) is 18.6 Å². The zero-order chi connectivity index (χ0) is 16.5. The molecule has 0 saturated heterocycles.